The molecule has 0 rings (SSSR count). The van der Waals surface area contributed by atoms with Gasteiger partial charge in [-0.25, -0.2) is 0 Å². The zero-order valence-corrected chi connectivity index (χ0v) is 9.88. The molecular formula is C13H22O2. The summed E-state index contributed by atoms with van der Waals surface area (Å²) in [5.74, 6) is 4.89. The summed E-state index contributed by atoms with van der Waals surface area (Å²) in [5, 5.41) is 8.96. The largest absolute Gasteiger partial charge is 0.481 e. The van der Waals surface area contributed by atoms with Crippen LogP contribution in [0.1, 0.15) is 58.8 Å². The van der Waals surface area contributed by atoms with Crippen LogP contribution in [0.4, 0.5) is 0 Å². The molecule has 86 valence electrons. The van der Waals surface area contributed by atoms with Crippen molar-refractivity contribution in [3.63, 3.8) is 0 Å². The molecule has 0 amide bonds. The molecule has 0 spiro atoms. The van der Waals surface area contributed by atoms with Crippen molar-refractivity contribution >= 4 is 5.97 Å². The lowest BCUT2D eigenvalue weighted by atomic mass is 9.98. The van der Waals surface area contributed by atoms with Gasteiger partial charge in [0.15, 0.2) is 0 Å². The van der Waals surface area contributed by atoms with Gasteiger partial charge in [0.2, 0.25) is 0 Å². The van der Waals surface area contributed by atoms with Gasteiger partial charge < -0.3 is 5.11 Å². The van der Waals surface area contributed by atoms with Gasteiger partial charge in [-0.05, 0) is 6.42 Å². The number of hydrogen-bond donors (Lipinski definition) is 1. The molecule has 0 aliphatic carbocycles. The van der Waals surface area contributed by atoms with E-state index in [1.807, 2.05) is 6.92 Å². The van der Waals surface area contributed by atoms with Crippen LogP contribution < -0.4 is 0 Å². The maximum Gasteiger partial charge on any atom is 0.307 e. The maximum absolute atomic E-state index is 10.9. The van der Waals surface area contributed by atoms with Crippen LogP contribution in [0, 0.1) is 17.8 Å². The quantitative estimate of drug-likeness (QED) is 0.516. The van der Waals surface area contributed by atoms with E-state index < -0.39 is 5.97 Å². The van der Waals surface area contributed by atoms with Crippen LogP contribution in [0.2, 0.25) is 0 Å². The van der Waals surface area contributed by atoms with E-state index >= 15 is 0 Å². The van der Waals surface area contributed by atoms with Crippen LogP contribution in [0.15, 0.2) is 0 Å². The van der Waals surface area contributed by atoms with E-state index in [4.69, 9.17) is 5.11 Å². The molecule has 0 aromatic heterocycles. The van der Waals surface area contributed by atoms with Crippen molar-refractivity contribution in [1.82, 2.24) is 0 Å². The monoisotopic (exact) mass is 210 g/mol. The summed E-state index contributed by atoms with van der Waals surface area (Å²) in [4.78, 5) is 10.9. The van der Waals surface area contributed by atoms with Crippen LogP contribution in [0.3, 0.4) is 0 Å². The molecule has 0 radical (unpaired) electrons. The fourth-order valence-electron chi connectivity index (χ4n) is 1.45. The number of unbranched alkanes of at least 4 members (excludes halogenated alkanes) is 3. The van der Waals surface area contributed by atoms with E-state index in [0.29, 0.717) is 6.42 Å². The molecule has 1 N–H and O–H groups in total. The molecule has 0 aliphatic heterocycles. The number of rotatable bonds is 7. The van der Waals surface area contributed by atoms with Crippen molar-refractivity contribution in [3.8, 4) is 11.8 Å². The third-order valence-electron chi connectivity index (χ3n) is 2.41. The first-order valence-electron chi connectivity index (χ1n) is 5.90. The Morgan fingerprint density at radius 3 is 2.47 bits per heavy atom. The fourth-order valence-corrected chi connectivity index (χ4v) is 1.45. The van der Waals surface area contributed by atoms with E-state index in [1.165, 1.54) is 12.8 Å². The normalized spacial score (nSPS) is 11.6. The zero-order valence-electron chi connectivity index (χ0n) is 9.88. The molecule has 0 aromatic carbocycles. The van der Waals surface area contributed by atoms with Gasteiger partial charge in [0.05, 0.1) is 5.92 Å². The second-order valence-electron chi connectivity index (χ2n) is 3.80. The van der Waals surface area contributed by atoms with Crippen molar-refractivity contribution in [2.75, 3.05) is 0 Å². The molecule has 2 nitrogen and oxygen atoms in total. The minimum absolute atomic E-state index is 0.263. The summed E-state index contributed by atoms with van der Waals surface area (Å²) >= 11 is 0. The Morgan fingerprint density at radius 2 is 1.93 bits per heavy atom. The first kappa shape index (κ1) is 14.0. The first-order chi connectivity index (χ1) is 7.22. The number of carbonyl (C=O) groups is 1. The lowest BCUT2D eigenvalue weighted by Crippen LogP contribution is -2.12. The van der Waals surface area contributed by atoms with Gasteiger partial charge in [-0.1, -0.05) is 39.5 Å². The highest BCUT2D eigenvalue weighted by Gasteiger charge is 2.14. The van der Waals surface area contributed by atoms with Crippen LogP contribution in [0.5, 0.6) is 0 Å². The predicted molar refractivity (Wildman–Crippen MR) is 62.6 cm³/mol. The number of hydrogen-bond acceptors (Lipinski definition) is 1. The summed E-state index contributed by atoms with van der Waals surface area (Å²) in [5.41, 5.74) is 0. The second-order valence-corrected chi connectivity index (χ2v) is 3.80. The third-order valence-corrected chi connectivity index (χ3v) is 2.41. The van der Waals surface area contributed by atoms with E-state index in [-0.39, 0.29) is 5.92 Å². The van der Waals surface area contributed by atoms with Gasteiger partial charge >= 0.3 is 5.97 Å². The molecule has 0 aliphatic rings. The highest BCUT2D eigenvalue weighted by atomic mass is 16.4. The second kappa shape index (κ2) is 9.58. The molecule has 2 heteroatoms. The lowest BCUT2D eigenvalue weighted by molar-refractivity contribution is -0.141. The van der Waals surface area contributed by atoms with Crippen molar-refractivity contribution in [2.45, 2.75) is 58.8 Å². The van der Waals surface area contributed by atoms with Crippen molar-refractivity contribution in [3.05, 3.63) is 0 Å². The molecule has 0 bridgehead atoms. The van der Waals surface area contributed by atoms with Crippen LogP contribution in [-0.4, -0.2) is 11.1 Å². The Kier molecular flexibility index (Phi) is 8.96. The van der Waals surface area contributed by atoms with Crippen molar-refractivity contribution in [1.29, 1.82) is 0 Å². The smallest absolute Gasteiger partial charge is 0.307 e. The third kappa shape index (κ3) is 8.05. The molecule has 1 unspecified atom stereocenters. The highest BCUT2D eigenvalue weighted by molar-refractivity contribution is 5.70. The van der Waals surface area contributed by atoms with E-state index in [2.05, 4.69) is 18.8 Å². The van der Waals surface area contributed by atoms with E-state index in [9.17, 15) is 4.79 Å². The zero-order chi connectivity index (χ0) is 11.5. The topological polar surface area (TPSA) is 37.3 Å². The number of aliphatic carboxylic acids is 1. The average molecular weight is 210 g/mol. The van der Waals surface area contributed by atoms with Gasteiger partial charge in [0.25, 0.3) is 0 Å². The summed E-state index contributed by atoms with van der Waals surface area (Å²) in [6, 6.07) is 0. The highest BCUT2D eigenvalue weighted by Crippen LogP contribution is 2.14. The number of carboxylic acids is 1. The molecular weight excluding hydrogens is 188 g/mol. The summed E-state index contributed by atoms with van der Waals surface area (Å²) in [6.07, 6.45) is 6.63. The Hall–Kier alpha value is -0.970. The summed E-state index contributed by atoms with van der Waals surface area (Å²) in [7, 11) is 0. The average Bonchev–Trinajstić information content (AvgIpc) is 2.21. The van der Waals surface area contributed by atoms with Crippen LogP contribution >= 0.6 is 0 Å². The Bertz CT molecular complexity index is 222. The van der Waals surface area contributed by atoms with E-state index in [0.717, 1.165) is 25.7 Å². The minimum atomic E-state index is -0.697. The molecule has 0 saturated heterocycles. The predicted octanol–water partition coefficient (Wildman–Crippen LogP) is 3.46. The summed E-state index contributed by atoms with van der Waals surface area (Å²) < 4.78 is 0. The van der Waals surface area contributed by atoms with E-state index in [1.54, 1.807) is 0 Å². The van der Waals surface area contributed by atoms with Gasteiger partial charge in [-0.2, -0.15) is 0 Å². The number of carboxylic acid groups (broad SMARTS) is 1. The molecule has 0 heterocycles. The molecule has 0 saturated carbocycles. The molecule has 0 fully saturated rings. The van der Waals surface area contributed by atoms with Gasteiger partial charge in [-0.15, -0.1) is 11.8 Å². The van der Waals surface area contributed by atoms with Crippen LogP contribution in [0.25, 0.3) is 0 Å². The van der Waals surface area contributed by atoms with Gasteiger partial charge in [0.1, 0.15) is 0 Å². The molecule has 15 heavy (non-hydrogen) atoms. The minimum Gasteiger partial charge on any atom is -0.481 e. The van der Waals surface area contributed by atoms with Gasteiger partial charge in [0, 0.05) is 12.8 Å². The van der Waals surface area contributed by atoms with Crippen molar-refractivity contribution in [2.24, 2.45) is 5.92 Å². The SMILES string of the molecule is CCC#CCC(CCCCCC)C(=O)O. The standard InChI is InChI=1S/C13H22O2/c1-3-5-7-9-11-12(13(14)15)10-8-6-4-2/h12H,3-5,7,9-11H2,1-2H3,(H,14,15). The lowest BCUT2D eigenvalue weighted by Gasteiger charge is -2.07. The Balaban J connectivity index is 3.79. The molecule has 0 aromatic rings. The first-order valence-corrected chi connectivity index (χ1v) is 5.90. The fraction of sp³-hybridized carbons (Fsp3) is 0.769. The Labute approximate surface area is 93.1 Å². The maximum atomic E-state index is 10.9. The molecule has 1 atom stereocenters. The van der Waals surface area contributed by atoms with Gasteiger partial charge in [-0.3, -0.25) is 4.79 Å². The van der Waals surface area contributed by atoms with Crippen molar-refractivity contribution < 1.29 is 9.90 Å². The summed E-state index contributed by atoms with van der Waals surface area (Å²) in [6.45, 7) is 4.13. The van der Waals surface area contributed by atoms with Crippen LogP contribution in [-0.2, 0) is 4.79 Å². The Morgan fingerprint density at radius 1 is 1.20 bits per heavy atom.